The predicted octanol–water partition coefficient (Wildman–Crippen LogP) is 3.07. The van der Waals surface area contributed by atoms with E-state index >= 15 is 0 Å². The Morgan fingerprint density at radius 3 is 2.67 bits per heavy atom. The Morgan fingerprint density at radius 1 is 1.13 bits per heavy atom. The molecule has 2 amide bonds. The highest BCUT2D eigenvalue weighted by atomic mass is 19.4. The number of carbonyl (C=O) groups is 2. The van der Waals surface area contributed by atoms with Gasteiger partial charge in [-0.25, -0.2) is 4.98 Å². The van der Waals surface area contributed by atoms with Gasteiger partial charge in [0.1, 0.15) is 5.75 Å². The lowest BCUT2D eigenvalue weighted by Gasteiger charge is -2.13. The van der Waals surface area contributed by atoms with Gasteiger partial charge >= 0.3 is 6.18 Å². The van der Waals surface area contributed by atoms with Crippen LogP contribution >= 0.6 is 0 Å². The molecular weight excluding hydrogens is 403 g/mol. The second-order valence-electron chi connectivity index (χ2n) is 6.73. The van der Waals surface area contributed by atoms with Gasteiger partial charge in [0.2, 0.25) is 11.8 Å². The van der Waals surface area contributed by atoms with Gasteiger partial charge < -0.3 is 20.1 Å². The van der Waals surface area contributed by atoms with Crippen LogP contribution in [0.3, 0.4) is 0 Å². The van der Waals surface area contributed by atoms with Crippen LogP contribution in [0, 0.1) is 5.92 Å². The van der Waals surface area contributed by atoms with Crippen molar-refractivity contribution in [1.82, 2.24) is 10.3 Å². The molecule has 0 atom stereocenters. The summed E-state index contributed by atoms with van der Waals surface area (Å²) < 4.78 is 47.1. The zero-order valence-corrected chi connectivity index (χ0v) is 15.9. The summed E-state index contributed by atoms with van der Waals surface area (Å²) in [5, 5.41) is 5.33. The van der Waals surface area contributed by atoms with E-state index in [0.717, 1.165) is 12.8 Å². The van der Waals surface area contributed by atoms with E-state index in [2.05, 4.69) is 20.4 Å². The molecule has 3 rings (SSSR count). The van der Waals surface area contributed by atoms with Gasteiger partial charge in [-0.3, -0.25) is 9.59 Å². The van der Waals surface area contributed by atoms with Gasteiger partial charge in [0.25, 0.3) is 5.91 Å². The van der Waals surface area contributed by atoms with Crippen LogP contribution in [0.2, 0.25) is 0 Å². The van der Waals surface area contributed by atoms with Gasteiger partial charge in [-0.1, -0.05) is 12.1 Å². The van der Waals surface area contributed by atoms with Gasteiger partial charge in [0.15, 0.2) is 13.2 Å². The highest BCUT2D eigenvalue weighted by Crippen LogP contribution is 2.30. The molecule has 0 bridgehead atoms. The summed E-state index contributed by atoms with van der Waals surface area (Å²) in [5.74, 6) is -0.250. The molecule has 2 aromatic rings. The zero-order valence-electron chi connectivity index (χ0n) is 15.9. The molecule has 1 aliphatic carbocycles. The number of amides is 2. The summed E-state index contributed by atoms with van der Waals surface area (Å²) in [6, 6.07) is 9.70. The van der Waals surface area contributed by atoms with Crippen LogP contribution in [0.1, 0.15) is 18.4 Å². The molecule has 1 fully saturated rings. The molecule has 0 unspecified atom stereocenters. The molecule has 1 heterocycles. The third kappa shape index (κ3) is 6.94. The highest BCUT2D eigenvalue weighted by molar-refractivity contribution is 5.94. The lowest BCUT2D eigenvalue weighted by molar-refractivity contribution is -0.154. The van der Waals surface area contributed by atoms with E-state index in [1.165, 1.54) is 18.3 Å². The molecule has 0 radical (unpaired) electrons. The number of hydrogen-bond donors (Lipinski definition) is 2. The van der Waals surface area contributed by atoms with Crippen molar-refractivity contribution in [3.8, 4) is 11.6 Å². The van der Waals surface area contributed by atoms with E-state index in [9.17, 15) is 22.8 Å². The predicted molar refractivity (Wildman–Crippen MR) is 101 cm³/mol. The van der Waals surface area contributed by atoms with Crippen molar-refractivity contribution in [3.63, 3.8) is 0 Å². The highest BCUT2D eigenvalue weighted by Gasteiger charge is 2.30. The number of benzene rings is 1. The van der Waals surface area contributed by atoms with Crippen molar-refractivity contribution < 1.29 is 32.2 Å². The summed E-state index contributed by atoms with van der Waals surface area (Å²) in [5.41, 5.74) is 0.881. The minimum absolute atomic E-state index is 0.0371. The largest absolute Gasteiger partial charge is 0.484 e. The fourth-order valence-electron chi connectivity index (χ4n) is 2.49. The fraction of sp³-hybridized carbons (Fsp3) is 0.350. The number of nitrogens with zero attached hydrogens (tertiary/aromatic N) is 1. The van der Waals surface area contributed by atoms with Crippen molar-refractivity contribution in [1.29, 1.82) is 0 Å². The van der Waals surface area contributed by atoms with Crippen molar-refractivity contribution in [3.05, 3.63) is 48.2 Å². The Morgan fingerprint density at radius 2 is 1.93 bits per heavy atom. The molecule has 2 N–H and O–H groups in total. The minimum Gasteiger partial charge on any atom is -0.484 e. The van der Waals surface area contributed by atoms with Gasteiger partial charge in [-0.2, -0.15) is 13.2 Å². The number of pyridine rings is 1. The first kappa shape index (κ1) is 21.4. The molecule has 1 aliphatic rings. The Balaban J connectivity index is 1.47. The molecule has 30 heavy (non-hydrogen) atoms. The van der Waals surface area contributed by atoms with Crippen molar-refractivity contribution in [2.75, 3.05) is 18.5 Å². The van der Waals surface area contributed by atoms with Gasteiger partial charge in [0.05, 0.1) is 0 Å². The molecule has 10 heteroatoms. The molecule has 1 aromatic heterocycles. The maximum absolute atomic E-state index is 12.3. The Bertz CT molecular complexity index is 901. The van der Waals surface area contributed by atoms with Crippen LogP contribution in [-0.2, 0) is 16.1 Å². The monoisotopic (exact) mass is 423 g/mol. The van der Waals surface area contributed by atoms with Crippen LogP contribution in [0.15, 0.2) is 42.6 Å². The number of rotatable bonds is 9. The Hall–Kier alpha value is -3.30. The third-order valence-corrected chi connectivity index (χ3v) is 4.12. The molecule has 0 saturated heterocycles. The second kappa shape index (κ2) is 9.47. The summed E-state index contributed by atoms with van der Waals surface area (Å²) in [6.07, 6.45) is -1.40. The lowest BCUT2D eigenvalue weighted by Crippen LogP contribution is -2.29. The van der Waals surface area contributed by atoms with E-state index in [1.54, 1.807) is 24.3 Å². The second-order valence-corrected chi connectivity index (χ2v) is 6.73. The number of carbonyl (C=O) groups excluding carboxylic acids is 2. The standard InChI is InChI=1S/C20H20F3N3O4/c21-20(22,23)12-30-19-14(3-2-8-24-19)10-25-17(27)11-29-16-5-1-4-15(9-16)26-18(28)13-6-7-13/h1-5,8-9,13H,6-7,10-12H2,(H,25,27)(H,26,28). The van der Waals surface area contributed by atoms with Crippen molar-refractivity contribution in [2.45, 2.75) is 25.6 Å². The average molecular weight is 423 g/mol. The van der Waals surface area contributed by atoms with E-state index in [-0.39, 0.29) is 30.9 Å². The molecule has 1 aromatic carbocycles. The van der Waals surface area contributed by atoms with Crippen LogP contribution < -0.4 is 20.1 Å². The van der Waals surface area contributed by atoms with Crippen LogP contribution in [-0.4, -0.2) is 36.2 Å². The number of anilines is 1. The molecule has 7 nitrogen and oxygen atoms in total. The number of ether oxygens (including phenoxy) is 2. The molecule has 0 spiro atoms. The topological polar surface area (TPSA) is 89.5 Å². The average Bonchev–Trinajstić information content (AvgIpc) is 3.55. The number of halogens is 3. The smallest absolute Gasteiger partial charge is 0.422 e. The normalized spacial score (nSPS) is 13.4. The van der Waals surface area contributed by atoms with E-state index < -0.39 is 18.7 Å². The summed E-state index contributed by atoms with van der Waals surface area (Å²) in [6.45, 7) is -1.85. The third-order valence-electron chi connectivity index (χ3n) is 4.12. The summed E-state index contributed by atoms with van der Waals surface area (Å²) >= 11 is 0. The number of nitrogens with one attached hydrogen (secondary N) is 2. The van der Waals surface area contributed by atoms with Crippen LogP contribution in [0.5, 0.6) is 11.6 Å². The quantitative estimate of drug-likeness (QED) is 0.647. The summed E-state index contributed by atoms with van der Waals surface area (Å²) in [4.78, 5) is 27.6. The Labute approximate surface area is 170 Å². The number of aromatic nitrogens is 1. The molecule has 1 saturated carbocycles. The number of alkyl halides is 3. The maximum atomic E-state index is 12.3. The SMILES string of the molecule is O=C(COc1cccc(NC(=O)C2CC2)c1)NCc1cccnc1OCC(F)(F)F. The van der Waals surface area contributed by atoms with E-state index in [1.807, 2.05) is 0 Å². The Kier molecular flexibility index (Phi) is 6.76. The lowest BCUT2D eigenvalue weighted by atomic mass is 10.2. The first-order valence-corrected chi connectivity index (χ1v) is 9.24. The van der Waals surface area contributed by atoms with Gasteiger partial charge in [-0.05, 0) is 31.0 Å². The van der Waals surface area contributed by atoms with Crippen molar-refractivity contribution >= 4 is 17.5 Å². The first-order chi connectivity index (χ1) is 14.3. The zero-order chi connectivity index (χ0) is 21.6. The number of hydrogen-bond acceptors (Lipinski definition) is 5. The molecular formula is C20H20F3N3O4. The van der Waals surface area contributed by atoms with Crippen LogP contribution in [0.4, 0.5) is 18.9 Å². The fourth-order valence-corrected chi connectivity index (χ4v) is 2.49. The van der Waals surface area contributed by atoms with Gasteiger partial charge in [0, 0.05) is 36.0 Å². The van der Waals surface area contributed by atoms with Gasteiger partial charge in [-0.15, -0.1) is 0 Å². The van der Waals surface area contributed by atoms with Crippen molar-refractivity contribution in [2.24, 2.45) is 5.92 Å². The molecule has 160 valence electrons. The first-order valence-electron chi connectivity index (χ1n) is 9.24. The summed E-state index contributed by atoms with van der Waals surface area (Å²) in [7, 11) is 0. The van der Waals surface area contributed by atoms with Crippen LogP contribution in [0.25, 0.3) is 0 Å². The van der Waals surface area contributed by atoms with E-state index in [0.29, 0.717) is 17.0 Å². The molecule has 0 aliphatic heterocycles. The van der Waals surface area contributed by atoms with E-state index in [4.69, 9.17) is 4.74 Å². The minimum atomic E-state index is -4.49. The maximum Gasteiger partial charge on any atom is 0.422 e.